The molecule has 0 aliphatic carbocycles. The van der Waals surface area contributed by atoms with Gasteiger partial charge in [0.1, 0.15) is 0 Å². The molecule has 0 aliphatic heterocycles. The first-order valence-corrected chi connectivity index (χ1v) is 7.18. The number of carbonyl (C=O) groups excluding carboxylic acids is 1. The van der Waals surface area contributed by atoms with Gasteiger partial charge in [0, 0.05) is 5.75 Å². The minimum atomic E-state index is -0.330. The lowest BCUT2D eigenvalue weighted by Crippen LogP contribution is -2.05. The van der Waals surface area contributed by atoms with Gasteiger partial charge in [-0.15, -0.1) is 5.10 Å². The van der Waals surface area contributed by atoms with Gasteiger partial charge in [0.25, 0.3) is 0 Å². The Bertz CT molecular complexity index is 598. The molecule has 20 heavy (non-hydrogen) atoms. The van der Waals surface area contributed by atoms with Gasteiger partial charge in [0.15, 0.2) is 0 Å². The van der Waals surface area contributed by atoms with Gasteiger partial charge in [-0.05, 0) is 42.0 Å². The van der Waals surface area contributed by atoms with E-state index in [9.17, 15) is 4.79 Å². The van der Waals surface area contributed by atoms with Gasteiger partial charge < -0.3 is 4.74 Å². The Morgan fingerprint density at radius 3 is 2.95 bits per heavy atom. The number of tetrazole rings is 1. The molecule has 0 spiro atoms. The molecule has 7 heteroatoms. The molecule has 0 amide bonds. The zero-order chi connectivity index (χ0) is 14.5. The molecule has 0 saturated heterocycles. The fourth-order valence-corrected chi connectivity index (χ4v) is 2.61. The largest absolute Gasteiger partial charge is 0.465 e. The van der Waals surface area contributed by atoms with Crippen molar-refractivity contribution in [1.82, 2.24) is 20.2 Å². The van der Waals surface area contributed by atoms with Crippen LogP contribution in [0, 0.1) is 0 Å². The van der Waals surface area contributed by atoms with Crippen LogP contribution >= 0.6 is 11.8 Å². The number of ether oxygens (including phenoxy) is 1. The van der Waals surface area contributed by atoms with Crippen LogP contribution in [-0.2, 0) is 10.5 Å². The van der Waals surface area contributed by atoms with E-state index in [4.69, 9.17) is 4.74 Å². The minimum Gasteiger partial charge on any atom is -0.465 e. The predicted molar refractivity (Wildman–Crippen MR) is 75.5 cm³/mol. The number of methoxy groups -OCH3 is 1. The fraction of sp³-hybridized carbons (Fsp3) is 0.385. The van der Waals surface area contributed by atoms with Gasteiger partial charge in [-0.25, -0.2) is 9.48 Å². The van der Waals surface area contributed by atoms with E-state index < -0.39 is 0 Å². The van der Waals surface area contributed by atoms with Crippen LogP contribution in [0.15, 0.2) is 29.4 Å². The number of rotatable bonds is 5. The monoisotopic (exact) mass is 292 g/mol. The maximum Gasteiger partial charge on any atom is 0.337 e. The van der Waals surface area contributed by atoms with Gasteiger partial charge in [-0.2, -0.15) is 0 Å². The smallest absolute Gasteiger partial charge is 0.337 e. The van der Waals surface area contributed by atoms with E-state index in [-0.39, 0.29) is 12.0 Å². The summed E-state index contributed by atoms with van der Waals surface area (Å²) >= 11 is 1.54. The number of nitrogens with zero attached hydrogens (tertiary/aromatic N) is 4. The Balaban J connectivity index is 2.07. The summed E-state index contributed by atoms with van der Waals surface area (Å²) in [7, 11) is 1.38. The summed E-state index contributed by atoms with van der Waals surface area (Å²) in [5.41, 5.74) is 1.57. The lowest BCUT2D eigenvalue weighted by molar-refractivity contribution is 0.0600. The number of aromatic nitrogens is 4. The molecule has 6 nitrogen and oxygen atoms in total. The summed E-state index contributed by atoms with van der Waals surface area (Å²) in [6, 6.07) is 7.57. The van der Waals surface area contributed by atoms with Gasteiger partial charge >= 0.3 is 5.97 Å². The average Bonchev–Trinajstić information content (AvgIpc) is 2.93. The summed E-state index contributed by atoms with van der Waals surface area (Å²) in [4.78, 5) is 11.5. The quantitative estimate of drug-likeness (QED) is 0.622. The van der Waals surface area contributed by atoms with Crippen molar-refractivity contribution in [3.05, 3.63) is 35.4 Å². The highest BCUT2D eigenvalue weighted by atomic mass is 32.2. The van der Waals surface area contributed by atoms with Crippen LogP contribution < -0.4 is 0 Å². The van der Waals surface area contributed by atoms with Crippen molar-refractivity contribution in [2.45, 2.75) is 30.8 Å². The van der Waals surface area contributed by atoms with Gasteiger partial charge in [0.2, 0.25) is 5.16 Å². The Morgan fingerprint density at radius 1 is 1.45 bits per heavy atom. The Morgan fingerprint density at radius 2 is 2.25 bits per heavy atom. The Kier molecular flexibility index (Phi) is 4.73. The van der Waals surface area contributed by atoms with E-state index in [1.807, 2.05) is 32.0 Å². The highest BCUT2D eigenvalue weighted by molar-refractivity contribution is 7.98. The molecule has 0 N–H and O–H groups in total. The molecule has 0 saturated carbocycles. The first-order chi connectivity index (χ1) is 9.61. The second kappa shape index (κ2) is 6.51. The van der Waals surface area contributed by atoms with Crippen LogP contribution in [0.25, 0.3) is 0 Å². The molecule has 0 radical (unpaired) electrons. The fourth-order valence-electron chi connectivity index (χ4n) is 1.66. The molecule has 106 valence electrons. The van der Waals surface area contributed by atoms with E-state index in [1.54, 1.807) is 10.7 Å². The second-order valence-corrected chi connectivity index (χ2v) is 5.42. The zero-order valence-corrected chi connectivity index (χ0v) is 12.4. The second-order valence-electron chi connectivity index (χ2n) is 4.48. The Labute approximate surface area is 121 Å². The summed E-state index contributed by atoms with van der Waals surface area (Å²) < 4.78 is 6.48. The van der Waals surface area contributed by atoms with Crippen molar-refractivity contribution in [2.75, 3.05) is 7.11 Å². The number of hydrogen-bond acceptors (Lipinski definition) is 6. The van der Waals surface area contributed by atoms with Gasteiger partial charge in [-0.1, -0.05) is 23.9 Å². The van der Waals surface area contributed by atoms with E-state index in [0.717, 1.165) is 10.7 Å². The molecule has 0 aliphatic rings. The molecule has 1 aromatic heterocycles. The van der Waals surface area contributed by atoms with E-state index in [1.165, 1.54) is 18.9 Å². The molecule has 0 bridgehead atoms. The molecule has 0 unspecified atom stereocenters. The normalized spacial score (nSPS) is 10.8. The highest BCUT2D eigenvalue weighted by Gasteiger charge is 2.11. The maximum atomic E-state index is 11.5. The first kappa shape index (κ1) is 14.5. The van der Waals surface area contributed by atoms with Crippen molar-refractivity contribution < 1.29 is 9.53 Å². The van der Waals surface area contributed by atoms with Crippen LogP contribution in [0.2, 0.25) is 0 Å². The van der Waals surface area contributed by atoms with Gasteiger partial charge in [0.05, 0.1) is 18.7 Å². The number of hydrogen-bond donors (Lipinski definition) is 0. The topological polar surface area (TPSA) is 69.9 Å². The summed E-state index contributed by atoms with van der Waals surface area (Å²) in [5.74, 6) is 0.363. The van der Waals surface area contributed by atoms with Crippen molar-refractivity contribution >= 4 is 17.7 Å². The molecule has 1 aromatic carbocycles. The lowest BCUT2D eigenvalue weighted by atomic mass is 10.1. The number of thioether (sulfide) groups is 1. The lowest BCUT2D eigenvalue weighted by Gasteiger charge is -2.07. The number of benzene rings is 1. The number of carbonyl (C=O) groups is 1. The molecule has 0 atom stereocenters. The van der Waals surface area contributed by atoms with E-state index in [0.29, 0.717) is 11.3 Å². The van der Waals surface area contributed by atoms with E-state index >= 15 is 0 Å². The summed E-state index contributed by atoms with van der Waals surface area (Å²) in [6.45, 7) is 4.05. The van der Waals surface area contributed by atoms with E-state index in [2.05, 4.69) is 15.5 Å². The number of esters is 1. The molecular weight excluding hydrogens is 276 g/mol. The van der Waals surface area contributed by atoms with Crippen LogP contribution in [0.3, 0.4) is 0 Å². The van der Waals surface area contributed by atoms with Crippen LogP contribution in [0.5, 0.6) is 0 Å². The third kappa shape index (κ3) is 3.36. The third-order valence-corrected chi connectivity index (χ3v) is 3.67. The SMILES string of the molecule is COC(=O)c1cccc(CSc2nnnn2C(C)C)c1. The van der Waals surface area contributed by atoms with Crippen LogP contribution in [0.1, 0.15) is 35.8 Å². The van der Waals surface area contributed by atoms with Crippen molar-refractivity contribution in [3.63, 3.8) is 0 Å². The molecule has 2 rings (SSSR count). The maximum absolute atomic E-state index is 11.5. The highest BCUT2D eigenvalue weighted by Crippen LogP contribution is 2.22. The molecule has 0 fully saturated rings. The van der Waals surface area contributed by atoms with Crippen LogP contribution in [-0.4, -0.2) is 33.3 Å². The van der Waals surface area contributed by atoms with Crippen molar-refractivity contribution in [3.8, 4) is 0 Å². The minimum absolute atomic E-state index is 0.217. The predicted octanol–water partition coefficient (Wildman–Crippen LogP) is 2.33. The average molecular weight is 292 g/mol. The van der Waals surface area contributed by atoms with Crippen LogP contribution in [0.4, 0.5) is 0 Å². The van der Waals surface area contributed by atoms with Crippen molar-refractivity contribution in [1.29, 1.82) is 0 Å². The molecule has 1 heterocycles. The van der Waals surface area contributed by atoms with Crippen molar-refractivity contribution in [2.24, 2.45) is 0 Å². The Hall–Kier alpha value is -1.89. The van der Waals surface area contributed by atoms with Gasteiger partial charge in [-0.3, -0.25) is 0 Å². The first-order valence-electron chi connectivity index (χ1n) is 6.19. The molecular formula is C13H16N4O2S. The molecule has 2 aromatic rings. The summed E-state index contributed by atoms with van der Waals surface area (Å²) in [5, 5.41) is 12.4. The zero-order valence-electron chi connectivity index (χ0n) is 11.6. The third-order valence-electron chi connectivity index (χ3n) is 2.67. The standard InChI is InChI=1S/C13H16N4O2S/c1-9(2)17-13(14-15-16-17)20-8-10-5-4-6-11(7-10)12(18)19-3/h4-7,9H,8H2,1-3H3. The summed E-state index contributed by atoms with van der Waals surface area (Å²) in [6.07, 6.45) is 0.